The lowest BCUT2D eigenvalue weighted by Crippen LogP contribution is -2.27. The molecule has 0 radical (unpaired) electrons. The van der Waals surface area contributed by atoms with Crippen LogP contribution in [-0.4, -0.2) is 28.2 Å². The van der Waals surface area contributed by atoms with E-state index in [0.29, 0.717) is 19.1 Å². The number of hydrogen-bond donors (Lipinski definition) is 1. The Morgan fingerprint density at radius 2 is 1.89 bits per heavy atom. The molecule has 0 aliphatic heterocycles. The van der Waals surface area contributed by atoms with Gasteiger partial charge in [-0.25, -0.2) is 13.1 Å². The molecule has 0 saturated heterocycles. The topological polar surface area (TPSA) is 55.4 Å². The van der Waals surface area contributed by atoms with E-state index >= 15 is 0 Å². The molecule has 4 nitrogen and oxygen atoms in total. The SMILES string of the molecule is CC(C)COCCNS(=O)(=O)c1ccc(Br)cc1. The highest BCUT2D eigenvalue weighted by Crippen LogP contribution is 2.14. The molecule has 0 heterocycles. The third-order valence-corrected chi connectivity index (χ3v) is 4.12. The highest BCUT2D eigenvalue weighted by Gasteiger charge is 2.12. The molecule has 0 atom stereocenters. The van der Waals surface area contributed by atoms with Gasteiger partial charge in [-0.15, -0.1) is 0 Å². The monoisotopic (exact) mass is 335 g/mol. The lowest BCUT2D eigenvalue weighted by atomic mass is 10.2. The summed E-state index contributed by atoms with van der Waals surface area (Å²) >= 11 is 3.26. The number of benzene rings is 1. The number of nitrogens with one attached hydrogen (secondary N) is 1. The summed E-state index contributed by atoms with van der Waals surface area (Å²) in [7, 11) is -3.43. The van der Waals surface area contributed by atoms with Gasteiger partial charge >= 0.3 is 0 Å². The van der Waals surface area contributed by atoms with Gasteiger partial charge in [-0.05, 0) is 30.2 Å². The first kappa shape index (κ1) is 15.6. The molecule has 0 aliphatic carbocycles. The third kappa shape index (κ3) is 5.48. The molecule has 1 aromatic rings. The first-order valence-electron chi connectivity index (χ1n) is 5.75. The van der Waals surface area contributed by atoms with Crippen LogP contribution in [0.2, 0.25) is 0 Å². The molecule has 0 fully saturated rings. The van der Waals surface area contributed by atoms with E-state index in [0.717, 1.165) is 4.47 Å². The standard InChI is InChI=1S/C12H18BrNO3S/c1-10(2)9-17-8-7-14-18(15,16)12-5-3-11(13)4-6-12/h3-6,10,14H,7-9H2,1-2H3. The van der Waals surface area contributed by atoms with E-state index in [1.165, 1.54) is 0 Å². The van der Waals surface area contributed by atoms with Crippen LogP contribution in [0.3, 0.4) is 0 Å². The summed E-state index contributed by atoms with van der Waals surface area (Å²) in [6.45, 7) is 5.40. The second kappa shape index (κ2) is 7.23. The summed E-state index contributed by atoms with van der Waals surface area (Å²) in [5.41, 5.74) is 0. The van der Waals surface area contributed by atoms with Gasteiger partial charge in [0.25, 0.3) is 0 Å². The van der Waals surface area contributed by atoms with Gasteiger partial charge in [0.15, 0.2) is 0 Å². The highest BCUT2D eigenvalue weighted by molar-refractivity contribution is 9.10. The van der Waals surface area contributed by atoms with Crippen LogP contribution < -0.4 is 4.72 Å². The number of hydrogen-bond acceptors (Lipinski definition) is 3. The molecule has 1 N–H and O–H groups in total. The van der Waals surface area contributed by atoms with Crippen molar-refractivity contribution in [2.75, 3.05) is 19.8 Å². The fraction of sp³-hybridized carbons (Fsp3) is 0.500. The van der Waals surface area contributed by atoms with Crippen molar-refractivity contribution in [1.29, 1.82) is 0 Å². The quantitative estimate of drug-likeness (QED) is 0.778. The number of sulfonamides is 1. The van der Waals surface area contributed by atoms with Crippen LogP contribution in [0.4, 0.5) is 0 Å². The Bertz CT molecular complexity index is 457. The molecule has 0 saturated carbocycles. The summed E-state index contributed by atoms with van der Waals surface area (Å²) < 4.78 is 32.4. The Morgan fingerprint density at radius 3 is 2.44 bits per heavy atom. The molecule has 0 aromatic heterocycles. The second-order valence-electron chi connectivity index (χ2n) is 4.32. The maximum absolute atomic E-state index is 11.9. The van der Waals surface area contributed by atoms with E-state index in [9.17, 15) is 8.42 Å². The minimum absolute atomic E-state index is 0.259. The van der Waals surface area contributed by atoms with Crippen molar-refractivity contribution in [2.24, 2.45) is 5.92 Å². The average Bonchev–Trinajstić information content (AvgIpc) is 2.28. The number of ether oxygens (including phenoxy) is 1. The zero-order chi connectivity index (χ0) is 13.6. The molecule has 102 valence electrons. The molecule has 0 amide bonds. The Hall–Kier alpha value is -0.430. The van der Waals surface area contributed by atoms with Crippen molar-refractivity contribution in [2.45, 2.75) is 18.7 Å². The predicted octanol–water partition coefficient (Wildman–Crippen LogP) is 2.40. The largest absolute Gasteiger partial charge is 0.380 e. The Kier molecular flexibility index (Phi) is 6.28. The van der Waals surface area contributed by atoms with Gasteiger partial charge in [0.1, 0.15) is 0 Å². The van der Waals surface area contributed by atoms with Gasteiger partial charge in [-0.2, -0.15) is 0 Å². The van der Waals surface area contributed by atoms with Crippen molar-refractivity contribution in [3.05, 3.63) is 28.7 Å². The molecule has 0 bridgehead atoms. The fourth-order valence-electron chi connectivity index (χ4n) is 1.26. The highest BCUT2D eigenvalue weighted by atomic mass is 79.9. The lowest BCUT2D eigenvalue weighted by molar-refractivity contribution is 0.114. The van der Waals surface area contributed by atoms with Crippen LogP contribution in [0.25, 0.3) is 0 Å². The van der Waals surface area contributed by atoms with E-state index in [-0.39, 0.29) is 11.4 Å². The molecule has 6 heteroatoms. The molecule has 0 unspecified atom stereocenters. The first-order chi connectivity index (χ1) is 8.42. The molecule has 18 heavy (non-hydrogen) atoms. The van der Waals surface area contributed by atoms with Crippen LogP contribution in [-0.2, 0) is 14.8 Å². The minimum Gasteiger partial charge on any atom is -0.380 e. The minimum atomic E-state index is -3.43. The Labute approximate surface area is 117 Å². The van der Waals surface area contributed by atoms with Crippen LogP contribution in [0.1, 0.15) is 13.8 Å². The molecular weight excluding hydrogens is 318 g/mol. The van der Waals surface area contributed by atoms with Crippen LogP contribution in [0, 0.1) is 5.92 Å². The summed E-state index contributed by atoms with van der Waals surface area (Å²) in [5.74, 6) is 0.452. The van der Waals surface area contributed by atoms with E-state index in [1.807, 2.05) is 13.8 Å². The van der Waals surface area contributed by atoms with Crippen molar-refractivity contribution in [3.8, 4) is 0 Å². The fourth-order valence-corrected chi connectivity index (χ4v) is 2.54. The van der Waals surface area contributed by atoms with Crippen molar-refractivity contribution in [3.63, 3.8) is 0 Å². The lowest BCUT2D eigenvalue weighted by Gasteiger charge is -2.08. The Balaban J connectivity index is 2.43. The van der Waals surface area contributed by atoms with Crippen LogP contribution in [0.15, 0.2) is 33.6 Å². The summed E-state index contributed by atoms with van der Waals surface area (Å²) in [4.78, 5) is 0.259. The van der Waals surface area contributed by atoms with E-state index < -0.39 is 10.0 Å². The zero-order valence-electron chi connectivity index (χ0n) is 10.5. The molecule has 1 aromatic carbocycles. The average molecular weight is 336 g/mol. The summed E-state index contributed by atoms with van der Waals surface area (Å²) in [6.07, 6.45) is 0. The molecule has 0 aliphatic rings. The van der Waals surface area contributed by atoms with Crippen molar-refractivity contribution < 1.29 is 13.2 Å². The predicted molar refractivity (Wildman–Crippen MR) is 75.0 cm³/mol. The van der Waals surface area contributed by atoms with Gasteiger partial charge in [0, 0.05) is 17.6 Å². The van der Waals surface area contributed by atoms with Gasteiger partial charge in [0.2, 0.25) is 10.0 Å². The van der Waals surface area contributed by atoms with Crippen molar-refractivity contribution in [1.82, 2.24) is 4.72 Å². The maximum Gasteiger partial charge on any atom is 0.240 e. The zero-order valence-corrected chi connectivity index (χ0v) is 12.9. The first-order valence-corrected chi connectivity index (χ1v) is 8.02. The Morgan fingerprint density at radius 1 is 1.28 bits per heavy atom. The van der Waals surface area contributed by atoms with Gasteiger partial charge in [-0.3, -0.25) is 0 Å². The van der Waals surface area contributed by atoms with Crippen LogP contribution in [0.5, 0.6) is 0 Å². The maximum atomic E-state index is 11.9. The number of halogens is 1. The molecular formula is C12H18BrNO3S. The van der Waals surface area contributed by atoms with E-state index in [4.69, 9.17) is 4.74 Å². The summed E-state index contributed by atoms with van der Waals surface area (Å²) in [5, 5.41) is 0. The molecule has 1 rings (SSSR count). The normalized spacial score (nSPS) is 12.0. The van der Waals surface area contributed by atoms with Gasteiger partial charge in [0.05, 0.1) is 11.5 Å². The number of rotatable bonds is 7. The second-order valence-corrected chi connectivity index (χ2v) is 7.00. The van der Waals surface area contributed by atoms with E-state index in [1.54, 1.807) is 24.3 Å². The third-order valence-electron chi connectivity index (χ3n) is 2.11. The van der Waals surface area contributed by atoms with E-state index in [2.05, 4.69) is 20.7 Å². The smallest absolute Gasteiger partial charge is 0.240 e. The van der Waals surface area contributed by atoms with Crippen LogP contribution >= 0.6 is 15.9 Å². The van der Waals surface area contributed by atoms with Gasteiger partial charge < -0.3 is 4.74 Å². The van der Waals surface area contributed by atoms with Gasteiger partial charge in [-0.1, -0.05) is 29.8 Å². The summed E-state index contributed by atoms with van der Waals surface area (Å²) in [6, 6.07) is 6.51. The molecule has 0 spiro atoms. The van der Waals surface area contributed by atoms with Crippen molar-refractivity contribution >= 4 is 26.0 Å².